The van der Waals surface area contributed by atoms with Crippen LogP contribution in [-0.2, 0) is 12.8 Å². The first-order chi connectivity index (χ1) is 7.97. The maximum Gasteiger partial charge on any atom is 0.161 e. The molecule has 17 heavy (non-hydrogen) atoms. The third-order valence-electron chi connectivity index (χ3n) is 4.13. The monoisotopic (exact) mass is 262 g/mol. The predicted octanol–water partition coefficient (Wildman–Crippen LogP) is 4.66. The van der Waals surface area contributed by atoms with Crippen molar-refractivity contribution in [2.75, 3.05) is 0 Å². The molecule has 3 rings (SSSR count). The molecule has 1 atom stereocenters. The molecule has 2 aliphatic rings. The summed E-state index contributed by atoms with van der Waals surface area (Å²) < 4.78 is 0. The number of hydrogen-bond donors (Lipinski definition) is 0. The Bertz CT molecular complexity index is 508. The predicted molar refractivity (Wildman–Crippen MR) is 78.2 cm³/mol. The zero-order valence-corrected chi connectivity index (χ0v) is 12.6. The largest absolute Gasteiger partial charge is 0.167 e. The van der Waals surface area contributed by atoms with Crippen LogP contribution in [0.3, 0.4) is 0 Å². The molecule has 0 bridgehead atoms. The summed E-state index contributed by atoms with van der Waals surface area (Å²) in [6, 6.07) is 4.87. The fourth-order valence-electron chi connectivity index (χ4n) is 3.52. The molecule has 1 aromatic carbocycles. The highest BCUT2D eigenvalue weighted by Crippen LogP contribution is 2.45. The molecule has 0 fully saturated rings. The minimum atomic E-state index is -1.67. The molecular weight excluding hydrogens is 244 g/mol. The van der Waals surface area contributed by atoms with Gasteiger partial charge < -0.3 is 0 Å². The lowest BCUT2D eigenvalue weighted by Crippen LogP contribution is -2.28. The van der Waals surface area contributed by atoms with Gasteiger partial charge in [-0.05, 0) is 48.4 Å². The number of rotatable bonds is 1. The molecule has 0 nitrogen and oxygen atoms in total. The number of aryl methyl sites for hydroxylation is 2. The summed E-state index contributed by atoms with van der Waals surface area (Å²) in [7, 11) is -1.67. The summed E-state index contributed by atoms with van der Waals surface area (Å²) in [6.07, 6.45) is 6.21. The maximum atomic E-state index is 6.71. The van der Waals surface area contributed by atoms with Gasteiger partial charge in [0.15, 0.2) is 7.38 Å². The third kappa shape index (κ3) is 1.80. The lowest BCUT2D eigenvalue weighted by atomic mass is 10.0. The van der Waals surface area contributed by atoms with Crippen LogP contribution >= 0.6 is 11.1 Å². The van der Waals surface area contributed by atoms with Gasteiger partial charge in [0, 0.05) is 5.54 Å². The molecule has 0 amide bonds. The second-order valence-electron chi connectivity index (χ2n) is 5.99. The van der Waals surface area contributed by atoms with Crippen molar-refractivity contribution >= 4 is 24.5 Å². The molecule has 2 heteroatoms. The number of halogens is 1. The van der Waals surface area contributed by atoms with E-state index in [4.69, 9.17) is 11.1 Å². The molecular formula is C15H19ClSi. The Morgan fingerprint density at radius 2 is 1.82 bits per heavy atom. The molecule has 0 saturated heterocycles. The highest BCUT2D eigenvalue weighted by molar-refractivity contribution is 7.20. The van der Waals surface area contributed by atoms with Crippen molar-refractivity contribution in [1.82, 2.24) is 0 Å². The second-order valence-corrected chi connectivity index (χ2v) is 12.6. The number of benzene rings is 1. The van der Waals surface area contributed by atoms with E-state index in [1.165, 1.54) is 36.0 Å². The highest BCUT2D eigenvalue weighted by atomic mass is 35.6. The first-order valence-electron chi connectivity index (χ1n) is 6.49. The van der Waals surface area contributed by atoms with Crippen molar-refractivity contribution in [3.8, 4) is 0 Å². The average molecular weight is 263 g/mol. The van der Waals surface area contributed by atoms with E-state index in [9.17, 15) is 0 Å². The molecule has 0 aromatic heterocycles. The van der Waals surface area contributed by atoms with Gasteiger partial charge in [-0.25, -0.2) is 0 Å². The Hall–Kier alpha value is -0.533. The first-order valence-corrected chi connectivity index (χ1v) is 10.6. The quantitative estimate of drug-likeness (QED) is 0.510. The molecule has 0 saturated carbocycles. The molecule has 1 unspecified atom stereocenters. The van der Waals surface area contributed by atoms with Crippen molar-refractivity contribution in [2.24, 2.45) is 0 Å². The Morgan fingerprint density at radius 3 is 2.47 bits per heavy atom. The minimum absolute atomic E-state index is 0.519. The van der Waals surface area contributed by atoms with E-state index in [0.29, 0.717) is 5.54 Å². The molecule has 90 valence electrons. The van der Waals surface area contributed by atoms with Crippen LogP contribution in [0, 0.1) is 0 Å². The van der Waals surface area contributed by atoms with Crippen LogP contribution in [0.5, 0.6) is 0 Å². The van der Waals surface area contributed by atoms with E-state index in [0.717, 1.165) is 0 Å². The van der Waals surface area contributed by atoms with Crippen LogP contribution in [0.1, 0.15) is 41.1 Å². The van der Waals surface area contributed by atoms with Gasteiger partial charge in [0.05, 0.1) is 0 Å². The summed E-state index contributed by atoms with van der Waals surface area (Å²) in [5.41, 5.74) is 8.08. The van der Waals surface area contributed by atoms with E-state index in [1.54, 1.807) is 11.1 Å². The number of allylic oxidation sites excluding steroid dienone is 1. The highest BCUT2D eigenvalue weighted by Gasteiger charge is 2.37. The van der Waals surface area contributed by atoms with Gasteiger partial charge in [-0.1, -0.05) is 36.9 Å². The third-order valence-corrected chi connectivity index (χ3v) is 6.93. The average Bonchev–Trinajstić information content (AvgIpc) is 2.73. The van der Waals surface area contributed by atoms with Crippen molar-refractivity contribution in [3.63, 3.8) is 0 Å². The Kier molecular flexibility index (Phi) is 2.53. The van der Waals surface area contributed by atoms with Gasteiger partial charge in [-0.3, -0.25) is 0 Å². The van der Waals surface area contributed by atoms with Crippen molar-refractivity contribution in [1.29, 1.82) is 0 Å². The van der Waals surface area contributed by atoms with Crippen LogP contribution < -0.4 is 0 Å². The summed E-state index contributed by atoms with van der Waals surface area (Å²) in [4.78, 5) is 0. The van der Waals surface area contributed by atoms with Crippen molar-refractivity contribution in [3.05, 3.63) is 40.0 Å². The second kappa shape index (κ2) is 3.73. The summed E-state index contributed by atoms with van der Waals surface area (Å²) in [5.74, 6) is 0. The fraction of sp³-hybridized carbons (Fsp3) is 0.467. The Labute approximate surface area is 109 Å². The Balaban J connectivity index is 2.14. The first kappa shape index (κ1) is 11.6. The molecule has 0 aliphatic heterocycles. The zero-order valence-electron chi connectivity index (χ0n) is 10.8. The normalized spacial score (nSPS) is 22.4. The van der Waals surface area contributed by atoms with Crippen molar-refractivity contribution < 1.29 is 0 Å². The van der Waals surface area contributed by atoms with Gasteiger partial charge in [0.1, 0.15) is 0 Å². The van der Waals surface area contributed by atoms with Crippen molar-refractivity contribution in [2.45, 2.75) is 44.8 Å². The summed E-state index contributed by atoms with van der Waals surface area (Å²) >= 11 is 6.71. The number of hydrogen-bond acceptors (Lipinski definition) is 0. The molecule has 0 radical (unpaired) electrons. The maximum absolute atomic E-state index is 6.71. The topological polar surface area (TPSA) is 0 Å². The van der Waals surface area contributed by atoms with E-state index in [2.05, 4.69) is 38.2 Å². The molecule has 0 heterocycles. The van der Waals surface area contributed by atoms with Gasteiger partial charge in [-0.15, -0.1) is 0 Å². The lowest BCUT2D eigenvalue weighted by molar-refractivity contribution is 0.911. The zero-order chi connectivity index (χ0) is 12.2. The van der Waals surface area contributed by atoms with E-state index in [-0.39, 0.29) is 0 Å². The van der Waals surface area contributed by atoms with E-state index >= 15 is 0 Å². The summed E-state index contributed by atoms with van der Waals surface area (Å²) in [5, 5.41) is 0. The number of fused-ring (bicyclic) bond motifs is 2. The molecule has 2 aliphatic carbocycles. The van der Waals surface area contributed by atoms with Crippen LogP contribution in [0.2, 0.25) is 13.1 Å². The molecule has 0 N–H and O–H groups in total. The SMILES string of the molecule is CC1=Cc2cc3c(cc2C1[Si](C)(C)Cl)CCC3. The van der Waals surface area contributed by atoms with Gasteiger partial charge in [0.2, 0.25) is 0 Å². The standard InChI is InChI=1S/C15H19ClSi/c1-10-7-13-8-11-5-4-6-12(11)9-14(13)15(10)17(2,3)16/h7-9,15H,4-6H2,1-3H3. The fourth-order valence-corrected chi connectivity index (χ4v) is 6.55. The van der Waals surface area contributed by atoms with Gasteiger partial charge in [0.25, 0.3) is 0 Å². The van der Waals surface area contributed by atoms with Crippen LogP contribution in [-0.4, -0.2) is 7.38 Å². The minimum Gasteiger partial charge on any atom is -0.167 e. The molecule has 1 aromatic rings. The lowest BCUT2D eigenvalue weighted by Gasteiger charge is -2.25. The van der Waals surface area contributed by atoms with Gasteiger partial charge >= 0.3 is 0 Å². The summed E-state index contributed by atoms with van der Waals surface area (Å²) in [6.45, 7) is 6.77. The van der Waals surface area contributed by atoms with E-state index in [1.807, 2.05) is 0 Å². The van der Waals surface area contributed by atoms with Crippen LogP contribution in [0.15, 0.2) is 17.7 Å². The van der Waals surface area contributed by atoms with E-state index < -0.39 is 7.38 Å². The molecule has 0 spiro atoms. The Morgan fingerprint density at radius 1 is 1.18 bits per heavy atom. The van der Waals surface area contributed by atoms with Crippen LogP contribution in [0.4, 0.5) is 0 Å². The van der Waals surface area contributed by atoms with Crippen LogP contribution in [0.25, 0.3) is 6.08 Å². The van der Waals surface area contributed by atoms with Gasteiger partial charge in [-0.2, -0.15) is 11.1 Å². The smallest absolute Gasteiger partial charge is 0.161 e.